The molecule has 0 fully saturated rings. The molecule has 0 aliphatic carbocycles. The molecule has 4 nitrogen and oxygen atoms in total. The molecular weight excluding hydrogens is 276 g/mol. The van der Waals surface area contributed by atoms with Crippen molar-refractivity contribution in [1.29, 1.82) is 0 Å². The summed E-state index contributed by atoms with van der Waals surface area (Å²) in [6.45, 7) is 4.47. The third-order valence-electron chi connectivity index (χ3n) is 3.72. The highest BCUT2D eigenvalue weighted by Crippen LogP contribution is 2.14. The SMILES string of the molecule is Cc1ncccc1[C@@H](O)CN[C@H](C)Cc1ccc(C=O)cc1. The summed E-state index contributed by atoms with van der Waals surface area (Å²) >= 11 is 0. The second-order valence-electron chi connectivity index (χ2n) is 5.57. The topological polar surface area (TPSA) is 62.2 Å². The Balaban J connectivity index is 1.85. The fourth-order valence-corrected chi connectivity index (χ4v) is 2.43. The Kier molecular flexibility index (Phi) is 5.81. The zero-order valence-corrected chi connectivity index (χ0v) is 13.0. The molecule has 4 heteroatoms. The molecule has 0 unspecified atom stereocenters. The predicted molar refractivity (Wildman–Crippen MR) is 86.9 cm³/mol. The van der Waals surface area contributed by atoms with Gasteiger partial charge in [0.05, 0.1) is 6.10 Å². The highest BCUT2D eigenvalue weighted by molar-refractivity contribution is 5.74. The number of aryl methyl sites for hydroxylation is 1. The van der Waals surface area contributed by atoms with Gasteiger partial charge in [0, 0.05) is 35.6 Å². The first kappa shape index (κ1) is 16.3. The van der Waals surface area contributed by atoms with Gasteiger partial charge >= 0.3 is 0 Å². The fourth-order valence-electron chi connectivity index (χ4n) is 2.43. The minimum Gasteiger partial charge on any atom is -0.387 e. The van der Waals surface area contributed by atoms with Gasteiger partial charge in [0.2, 0.25) is 0 Å². The number of nitrogens with zero attached hydrogens (tertiary/aromatic N) is 1. The van der Waals surface area contributed by atoms with Gasteiger partial charge in [0.15, 0.2) is 0 Å². The number of aldehydes is 1. The van der Waals surface area contributed by atoms with Crippen LogP contribution in [0.3, 0.4) is 0 Å². The van der Waals surface area contributed by atoms with E-state index >= 15 is 0 Å². The molecule has 22 heavy (non-hydrogen) atoms. The van der Waals surface area contributed by atoms with Gasteiger partial charge in [-0.25, -0.2) is 0 Å². The van der Waals surface area contributed by atoms with Crippen LogP contribution < -0.4 is 5.32 Å². The lowest BCUT2D eigenvalue weighted by molar-refractivity contribution is 0.112. The van der Waals surface area contributed by atoms with Gasteiger partial charge in [-0.2, -0.15) is 0 Å². The van der Waals surface area contributed by atoms with Crippen LogP contribution in [0.25, 0.3) is 0 Å². The largest absolute Gasteiger partial charge is 0.387 e. The molecule has 0 spiro atoms. The van der Waals surface area contributed by atoms with E-state index in [9.17, 15) is 9.90 Å². The molecule has 2 atom stereocenters. The van der Waals surface area contributed by atoms with Crippen molar-refractivity contribution in [3.05, 3.63) is 65.0 Å². The second-order valence-corrected chi connectivity index (χ2v) is 5.57. The summed E-state index contributed by atoms with van der Waals surface area (Å²) in [5, 5.41) is 13.6. The Morgan fingerprint density at radius 2 is 2.00 bits per heavy atom. The van der Waals surface area contributed by atoms with Crippen LogP contribution in [0.15, 0.2) is 42.6 Å². The van der Waals surface area contributed by atoms with Crippen LogP contribution in [0.2, 0.25) is 0 Å². The molecule has 116 valence electrons. The van der Waals surface area contributed by atoms with Crippen molar-refractivity contribution in [2.45, 2.75) is 32.4 Å². The van der Waals surface area contributed by atoms with Crippen molar-refractivity contribution in [3.8, 4) is 0 Å². The summed E-state index contributed by atoms with van der Waals surface area (Å²) in [5.41, 5.74) is 3.57. The number of aliphatic hydroxyl groups is 1. The summed E-state index contributed by atoms with van der Waals surface area (Å²) in [4.78, 5) is 14.8. The number of aliphatic hydroxyl groups excluding tert-OH is 1. The zero-order valence-electron chi connectivity index (χ0n) is 13.0. The quantitative estimate of drug-likeness (QED) is 0.771. The summed E-state index contributed by atoms with van der Waals surface area (Å²) in [7, 11) is 0. The van der Waals surface area contributed by atoms with E-state index in [1.54, 1.807) is 6.20 Å². The number of carbonyl (C=O) groups excluding carboxylic acids is 1. The van der Waals surface area contributed by atoms with Crippen molar-refractivity contribution < 1.29 is 9.90 Å². The lowest BCUT2D eigenvalue weighted by Gasteiger charge is -2.18. The number of hydrogen-bond acceptors (Lipinski definition) is 4. The van der Waals surface area contributed by atoms with Crippen molar-refractivity contribution >= 4 is 6.29 Å². The number of hydrogen-bond donors (Lipinski definition) is 2. The summed E-state index contributed by atoms with van der Waals surface area (Å²) in [5.74, 6) is 0. The van der Waals surface area contributed by atoms with Crippen LogP contribution in [0.5, 0.6) is 0 Å². The van der Waals surface area contributed by atoms with Gasteiger partial charge < -0.3 is 10.4 Å². The third-order valence-corrected chi connectivity index (χ3v) is 3.72. The van der Waals surface area contributed by atoms with E-state index in [4.69, 9.17) is 0 Å². The van der Waals surface area contributed by atoms with E-state index in [2.05, 4.69) is 17.2 Å². The number of benzene rings is 1. The minimum absolute atomic E-state index is 0.230. The maximum atomic E-state index is 10.6. The average molecular weight is 298 g/mol. The Labute approximate surface area is 131 Å². The van der Waals surface area contributed by atoms with Crippen molar-refractivity contribution in [2.24, 2.45) is 0 Å². The highest BCUT2D eigenvalue weighted by Gasteiger charge is 2.12. The van der Waals surface area contributed by atoms with Gasteiger partial charge in [-0.1, -0.05) is 30.3 Å². The molecule has 0 amide bonds. The Hall–Kier alpha value is -2.04. The number of nitrogens with one attached hydrogen (secondary N) is 1. The van der Waals surface area contributed by atoms with Crippen LogP contribution in [0.4, 0.5) is 0 Å². The third kappa shape index (κ3) is 4.48. The van der Waals surface area contributed by atoms with Crippen LogP contribution in [-0.2, 0) is 6.42 Å². The Morgan fingerprint density at radius 3 is 2.64 bits per heavy atom. The molecule has 0 radical (unpaired) electrons. The maximum absolute atomic E-state index is 10.6. The molecule has 1 heterocycles. The smallest absolute Gasteiger partial charge is 0.150 e. The van der Waals surface area contributed by atoms with E-state index in [-0.39, 0.29) is 6.04 Å². The van der Waals surface area contributed by atoms with Crippen molar-refractivity contribution in [1.82, 2.24) is 10.3 Å². The summed E-state index contributed by atoms with van der Waals surface area (Å²) < 4.78 is 0. The number of pyridine rings is 1. The van der Waals surface area contributed by atoms with Gasteiger partial charge in [-0.15, -0.1) is 0 Å². The minimum atomic E-state index is -0.561. The van der Waals surface area contributed by atoms with Gasteiger partial charge in [-0.05, 0) is 31.9 Å². The Morgan fingerprint density at radius 1 is 1.27 bits per heavy atom. The monoisotopic (exact) mass is 298 g/mol. The molecule has 2 N–H and O–H groups in total. The average Bonchev–Trinajstić information content (AvgIpc) is 2.54. The summed E-state index contributed by atoms with van der Waals surface area (Å²) in [6.07, 6.45) is 2.86. The molecule has 0 saturated carbocycles. The first-order valence-electron chi connectivity index (χ1n) is 7.47. The molecule has 0 aliphatic rings. The summed E-state index contributed by atoms with van der Waals surface area (Å²) in [6, 6.07) is 11.5. The number of aromatic nitrogens is 1. The predicted octanol–water partition coefficient (Wildman–Crippen LogP) is 2.46. The Bertz CT molecular complexity index is 611. The lowest BCUT2D eigenvalue weighted by Crippen LogP contribution is -2.32. The van der Waals surface area contributed by atoms with Crippen LogP contribution in [-0.4, -0.2) is 29.0 Å². The first-order valence-corrected chi connectivity index (χ1v) is 7.47. The molecule has 0 aliphatic heterocycles. The van der Waals surface area contributed by atoms with Gasteiger partial charge in [0.25, 0.3) is 0 Å². The van der Waals surface area contributed by atoms with E-state index < -0.39 is 6.10 Å². The normalized spacial score (nSPS) is 13.6. The number of carbonyl (C=O) groups is 1. The number of rotatable bonds is 7. The van der Waals surface area contributed by atoms with E-state index in [0.29, 0.717) is 12.1 Å². The molecule has 1 aromatic heterocycles. The molecular formula is C18H22N2O2. The molecule has 2 aromatic rings. The van der Waals surface area contributed by atoms with E-state index in [1.165, 1.54) is 0 Å². The van der Waals surface area contributed by atoms with Gasteiger partial charge in [-0.3, -0.25) is 9.78 Å². The van der Waals surface area contributed by atoms with Crippen molar-refractivity contribution in [3.63, 3.8) is 0 Å². The van der Waals surface area contributed by atoms with E-state index in [0.717, 1.165) is 29.5 Å². The zero-order chi connectivity index (χ0) is 15.9. The van der Waals surface area contributed by atoms with Crippen LogP contribution in [0, 0.1) is 6.92 Å². The molecule has 0 saturated heterocycles. The van der Waals surface area contributed by atoms with Crippen molar-refractivity contribution in [2.75, 3.05) is 6.54 Å². The molecule has 1 aromatic carbocycles. The standard InChI is InChI=1S/C18H22N2O2/c1-13(10-15-5-7-16(12-21)8-6-15)20-11-18(22)17-4-3-9-19-14(17)2/h3-9,12-13,18,20,22H,10-11H2,1-2H3/t13-,18+/m1/s1. The first-order chi connectivity index (χ1) is 10.6. The van der Waals surface area contributed by atoms with Crippen LogP contribution >= 0.6 is 0 Å². The van der Waals surface area contributed by atoms with E-state index in [1.807, 2.05) is 43.3 Å². The maximum Gasteiger partial charge on any atom is 0.150 e. The second kappa shape index (κ2) is 7.82. The lowest BCUT2D eigenvalue weighted by atomic mass is 10.0. The molecule has 2 rings (SSSR count). The van der Waals surface area contributed by atoms with Crippen LogP contribution in [0.1, 0.15) is 40.2 Å². The fraction of sp³-hybridized carbons (Fsp3) is 0.333. The molecule has 0 bridgehead atoms. The van der Waals surface area contributed by atoms with Gasteiger partial charge in [0.1, 0.15) is 6.29 Å². The highest BCUT2D eigenvalue weighted by atomic mass is 16.3.